The van der Waals surface area contributed by atoms with E-state index >= 15 is 0 Å². The summed E-state index contributed by atoms with van der Waals surface area (Å²) in [5.74, 6) is -2.06. The molecule has 0 radical (unpaired) electrons. The largest absolute Gasteiger partial charge is 0.480 e. The van der Waals surface area contributed by atoms with Crippen molar-refractivity contribution in [3.05, 3.63) is 0 Å². The Labute approximate surface area is 104 Å². The Morgan fingerprint density at radius 2 is 1.94 bits per heavy atom. The highest BCUT2D eigenvalue weighted by molar-refractivity contribution is 5.87. The van der Waals surface area contributed by atoms with Crippen LogP contribution < -0.4 is 21.7 Å². The summed E-state index contributed by atoms with van der Waals surface area (Å²) >= 11 is 0. The van der Waals surface area contributed by atoms with E-state index in [-0.39, 0.29) is 6.04 Å². The van der Waals surface area contributed by atoms with Crippen LogP contribution in [0.2, 0.25) is 0 Å². The molecule has 8 heteroatoms. The Morgan fingerprint density at radius 1 is 1.33 bits per heavy atom. The number of piperidine rings is 1. The van der Waals surface area contributed by atoms with Crippen LogP contribution in [-0.4, -0.2) is 48.2 Å². The van der Waals surface area contributed by atoms with Gasteiger partial charge in [-0.25, -0.2) is 9.59 Å². The number of urea groups is 1. The SMILES string of the molecule is NC(=O)C[C@@H](NC(=O)NC1CCNCC1)C(=O)O. The Bertz CT molecular complexity index is 328. The molecule has 1 fully saturated rings. The number of carboxylic acid groups (broad SMARTS) is 1. The number of nitrogens with two attached hydrogens (primary N) is 1. The first-order chi connectivity index (χ1) is 8.49. The lowest BCUT2D eigenvalue weighted by molar-refractivity contribution is -0.140. The van der Waals surface area contributed by atoms with Crippen molar-refractivity contribution in [3.8, 4) is 0 Å². The molecule has 0 unspecified atom stereocenters. The summed E-state index contributed by atoms with van der Waals surface area (Å²) in [7, 11) is 0. The minimum Gasteiger partial charge on any atom is -0.480 e. The van der Waals surface area contributed by atoms with E-state index in [9.17, 15) is 14.4 Å². The number of primary amides is 1. The predicted octanol–water partition coefficient (Wildman–Crippen LogP) is -1.63. The number of hydrogen-bond donors (Lipinski definition) is 5. The van der Waals surface area contributed by atoms with Crippen LogP contribution >= 0.6 is 0 Å². The van der Waals surface area contributed by atoms with Crippen LogP contribution in [0.1, 0.15) is 19.3 Å². The molecule has 18 heavy (non-hydrogen) atoms. The van der Waals surface area contributed by atoms with Gasteiger partial charge in [-0.05, 0) is 25.9 Å². The molecule has 8 nitrogen and oxygen atoms in total. The third kappa shape index (κ3) is 5.00. The van der Waals surface area contributed by atoms with E-state index in [0.29, 0.717) is 0 Å². The number of rotatable bonds is 5. The lowest BCUT2D eigenvalue weighted by Crippen LogP contribution is -2.52. The number of nitrogens with one attached hydrogen (secondary N) is 3. The number of amides is 3. The van der Waals surface area contributed by atoms with Gasteiger partial charge in [-0.15, -0.1) is 0 Å². The van der Waals surface area contributed by atoms with E-state index < -0.39 is 30.4 Å². The van der Waals surface area contributed by atoms with Crippen molar-refractivity contribution in [1.29, 1.82) is 0 Å². The minimum absolute atomic E-state index is 0.0225. The van der Waals surface area contributed by atoms with E-state index in [1.165, 1.54) is 0 Å². The van der Waals surface area contributed by atoms with E-state index in [4.69, 9.17) is 10.8 Å². The van der Waals surface area contributed by atoms with Gasteiger partial charge in [-0.2, -0.15) is 0 Å². The molecular weight excluding hydrogens is 240 g/mol. The van der Waals surface area contributed by atoms with Crippen LogP contribution in [0.3, 0.4) is 0 Å². The molecule has 1 heterocycles. The molecule has 0 saturated carbocycles. The van der Waals surface area contributed by atoms with Crippen molar-refractivity contribution >= 4 is 17.9 Å². The molecule has 0 aromatic heterocycles. The zero-order chi connectivity index (χ0) is 13.5. The molecule has 102 valence electrons. The summed E-state index contributed by atoms with van der Waals surface area (Å²) in [6, 6.07) is -1.85. The summed E-state index contributed by atoms with van der Waals surface area (Å²) in [6.45, 7) is 1.63. The first-order valence-corrected chi connectivity index (χ1v) is 5.78. The zero-order valence-corrected chi connectivity index (χ0v) is 9.94. The van der Waals surface area contributed by atoms with Gasteiger partial charge < -0.3 is 26.8 Å². The molecule has 1 aliphatic rings. The van der Waals surface area contributed by atoms with Crippen molar-refractivity contribution in [2.75, 3.05) is 13.1 Å². The smallest absolute Gasteiger partial charge is 0.326 e. The van der Waals surface area contributed by atoms with E-state index in [2.05, 4.69) is 16.0 Å². The summed E-state index contributed by atoms with van der Waals surface area (Å²) in [6.07, 6.45) is 1.16. The minimum atomic E-state index is -1.29. The Balaban J connectivity index is 2.40. The predicted molar refractivity (Wildman–Crippen MR) is 62.8 cm³/mol. The van der Waals surface area contributed by atoms with Gasteiger partial charge in [0, 0.05) is 6.04 Å². The summed E-state index contributed by atoms with van der Waals surface area (Å²) in [5, 5.41) is 16.9. The van der Waals surface area contributed by atoms with Crippen molar-refractivity contribution in [3.63, 3.8) is 0 Å². The van der Waals surface area contributed by atoms with Crippen molar-refractivity contribution in [2.45, 2.75) is 31.3 Å². The van der Waals surface area contributed by atoms with Crippen LogP contribution in [0.15, 0.2) is 0 Å². The lowest BCUT2D eigenvalue weighted by atomic mass is 10.1. The van der Waals surface area contributed by atoms with Crippen LogP contribution in [0.4, 0.5) is 4.79 Å². The van der Waals surface area contributed by atoms with Gasteiger partial charge in [-0.1, -0.05) is 0 Å². The highest BCUT2D eigenvalue weighted by atomic mass is 16.4. The maximum Gasteiger partial charge on any atom is 0.326 e. The van der Waals surface area contributed by atoms with Crippen molar-refractivity contribution in [2.24, 2.45) is 5.73 Å². The van der Waals surface area contributed by atoms with Crippen LogP contribution in [-0.2, 0) is 9.59 Å². The average Bonchev–Trinajstić information content (AvgIpc) is 2.28. The number of carbonyl (C=O) groups is 3. The van der Waals surface area contributed by atoms with Gasteiger partial charge in [-0.3, -0.25) is 4.79 Å². The second kappa shape index (κ2) is 6.80. The molecule has 1 aliphatic heterocycles. The molecule has 3 amide bonds. The lowest BCUT2D eigenvalue weighted by Gasteiger charge is -2.24. The molecule has 0 aliphatic carbocycles. The van der Waals surface area contributed by atoms with Crippen molar-refractivity contribution in [1.82, 2.24) is 16.0 Å². The molecule has 0 spiro atoms. The maximum atomic E-state index is 11.5. The summed E-state index contributed by atoms with van der Waals surface area (Å²) in [4.78, 5) is 33.0. The van der Waals surface area contributed by atoms with Gasteiger partial charge in [0.25, 0.3) is 0 Å². The fraction of sp³-hybridized carbons (Fsp3) is 0.700. The third-order valence-corrected chi connectivity index (χ3v) is 2.68. The normalized spacial score (nSPS) is 17.8. The van der Waals surface area contributed by atoms with Gasteiger partial charge >= 0.3 is 12.0 Å². The average molecular weight is 258 g/mol. The van der Waals surface area contributed by atoms with Crippen molar-refractivity contribution < 1.29 is 19.5 Å². The first-order valence-electron chi connectivity index (χ1n) is 5.78. The van der Waals surface area contributed by atoms with Crippen LogP contribution in [0.5, 0.6) is 0 Å². The Kier molecular flexibility index (Phi) is 5.37. The number of aliphatic carboxylic acids is 1. The van der Waals surface area contributed by atoms with Crippen LogP contribution in [0, 0.1) is 0 Å². The monoisotopic (exact) mass is 258 g/mol. The molecular formula is C10H18N4O4. The van der Waals surface area contributed by atoms with E-state index in [0.717, 1.165) is 25.9 Å². The molecule has 1 atom stereocenters. The standard InChI is InChI=1S/C10H18N4O4/c11-8(15)5-7(9(16)17)14-10(18)13-6-1-3-12-4-2-6/h6-7,12H,1-5H2,(H2,11,15)(H,16,17)(H2,13,14,18)/t7-/m1/s1. The molecule has 1 rings (SSSR count). The highest BCUT2D eigenvalue weighted by Gasteiger charge is 2.23. The summed E-state index contributed by atoms with van der Waals surface area (Å²) in [5.41, 5.74) is 4.91. The zero-order valence-electron chi connectivity index (χ0n) is 9.94. The second-order valence-corrected chi connectivity index (χ2v) is 4.20. The van der Waals surface area contributed by atoms with Gasteiger partial charge in [0.05, 0.1) is 6.42 Å². The first kappa shape index (κ1) is 14.2. The van der Waals surface area contributed by atoms with Gasteiger partial charge in [0.2, 0.25) is 5.91 Å². The topological polar surface area (TPSA) is 134 Å². The number of carbonyl (C=O) groups excluding carboxylic acids is 2. The molecule has 0 aromatic carbocycles. The molecule has 0 bridgehead atoms. The quantitative estimate of drug-likeness (QED) is 0.403. The van der Waals surface area contributed by atoms with Gasteiger partial charge in [0.15, 0.2) is 0 Å². The fourth-order valence-corrected chi connectivity index (χ4v) is 1.75. The molecule has 1 saturated heterocycles. The second-order valence-electron chi connectivity index (χ2n) is 4.20. The van der Waals surface area contributed by atoms with Crippen LogP contribution in [0.25, 0.3) is 0 Å². The molecule has 0 aromatic rings. The molecule has 6 N–H and O–H groups in total. The maximum absolute atomic E-state index is 11.5. The Hall–Kier alpha value is -1.83. The van der Waals surface area contributed by atoms with Gasteiger partial charge in [0.1, 0.15) is 6.04 Å². The number of hydrogen-bond acceptors (Lipinski definition) is 4. The Morgan fingerprint density at radius 3 is 2.44 bits per heavy atom. The third-order valence-electron chi connectivity index (χ3n) is 2.68. The van der Waals surface area contributed by atoms with E-state index in [1.807, 2.05) is 0 Å². The van der Waals surface area contributed by atoms with E-state index in [1.54, 1.807) is 0 Å². The fourth-order valence-electron chi connectivity index (χ4n) is 1.75. The summed E-state index contributed by atoms with van der Waals surface area (Å²) < 4.78 is 0. The number of carboxylic acids is 1. The highest BCUT2D eigenvalue weighted by Crippen LogP contribution is 2.01.